The SMILES string of the molecule is C=CCCC(N)c1cscc1C. The van der Waals surface area contributed by atoms with E-state index < -0.39 is 0 Å². The molecule has 0 fully saturated rings. The van der Waals surface area contributed by atoms with Gasteiger partial charge in [0.25, 0.3) is 0 Å². The predicted molar refractivity (Wildman–Crippen MR) is 55.4 cm³/mol. The lowest BCUT2D eigenvalue weighted by Gasteiger charge is -2.09. The summed E-state index contributed by atoms with van der Waals surface area (Å²) >= 11 is 1.72. The van der Waals surface area contributed by atoms with Gasteiger partial charge in [-0.2, -0.15) is 11.3 Å². The summed E-state index contributed by atoms with van der Waals surface area (Å²) in [7, 11) is 0. The molecular formula is C10H15NS. The van der Waals surface area contributed by atoms with Gasteiger partial charge in [0.15, 0.2) is 0 Å². The zero-order valence-corrected chi connectivity index (χ0v) is 8.23. The van der Waals surface area contributed by atoms with Crippen LogP contribution in [0.5, 0.6) is 0 Å². The Balaban J connectivity index is 2.58. The van der Waals surface area contributed by atoms with Crippen molar-refractivity contribution in [1.82, 2.24) is 0 Å². The van der Waals surface area contributed by atoms with E-state index in [1.807, 2.05) is 6.08 Å². The van der Waals surface area contributed by atoms with Crippen LogP contribution in [-0.2, 0) is 0 Å². The van der Waals surface area contributed by atoms with Crippen LogP contribution < -0.4 is 5.73 Å². The van der Waals surface area contributed by atoms with Gasteiger partial charge in [-0.05, 0) is 41.7 Å². The number of allylic oxidation sites excluding steroid dienone is 1. The van der Waals surface area contributed by atoms with Crippen LogP contribution in [0.15, 0.2) is 23.4 Å². The second kappa shape index (κ2) is 4.43. The van der Waals surface area contributed by atoms with Crippen molar-refractivity contribution in [2.45, 2.75) is 25.8 Å². The summed E-state index contributed by atoms with van der Waals surface area (Å²) in [6.45, 7) is 5.79. The molecule has 0 radical (unpaired) electrons. The molecule has 0 aliphatic rings. The van der Waals surface area contributed by atoms with Crippen LogP contribution in [0.2, 0.25) is 0 Å². The molecule has 66 valence electrons. The first-order chi connectivity index (χ1) is 5.75. The van der Waals surface area contributed by atoms with Crippen molar-refractivity contribution in [3.8, 4) is 0 Å². The minimum atomic E-state index is 0.189. The molecule has 1 atom stereocenters. The molecule has 12 heavy (non-hydrogen) atoms. The van der Waals surface area contributed by atoms with Crippen LogP contribution >= 0.6 is 11.3 Å². The van der Waals surface area contributed by atoms with E-state index in [-0.39, 0.29) is 6.04 Å². The van der Waals surface area contributed by atoms with Crippen LogP contribution in [0.25, 0.3) is 0 Å². The van der Waals surface area contributed by atoms with Gasteiger partial charge in [0.2, 0.25) is 0 Å². The Hall–Kier alpha value is -0.600. The second-order valence-corrected chi connectivity index (χ2v) is 3.73. The monoisotopic (exact) mass is 181 g/mol. The molecular weight excluding hydrogens is 166 g/mol. The fourth-order valence-corrected chi connectivity index (χ4v) is 2.12. The molecule has 0 bridgehead atoms. The topological polar surface area (TPSA) is 26.0 Å². The Kier molecular flexibility index (Phi) is 3.50. The minimum Gasteiger partial charge on any atom is -0.324 e. The smallest absolute Gasteiger partial charge is 0.0308 e. The maximum atomic E-state index is 5.99. The van der Waals surface area contributed by atoms with Crippen molar-refractivity contribution in [3.05, 3.63) is 34.5 Å². The molecule has 0 spiro atoms. The summed E-state index contributed by atoms with van der Waals surface area (Å²) in [6, 6.07) is 0.189. The normalized spacial score (nSPS) is 12.8. The van der Waals surface area contributed by atoms with E-state index in [4.69, 9.17) is 5.73 Å². The third-order valence-electron chi connectivity index (χ3n) is 1.98. The third kappa shape index (κ3) is 2.19. The Bertz CT molecular complexity index is 252. The van der Waals surface area contributed by atoms with E-state index in [0.717, 1.165) is 12.8 Å². The van der Waals surface area contributed by atoms with Crippen molar-refractivity contribution in [1.29, 1.82) is 0 Å². The number of nitrogens with two attached hydrogens (primary N) is 1. The summed E-state index contributed by atoms with van der Waals surface area (Å²) in [5, 5.41) is 4.28. The molecule has 0 amide bonds. The Morgan fingerprint density at radius 3 is 2.92 bits per heavy atom. The zero-order valence-electron chi connectivity index (χ0n) is 7.42. The molecule has 1 rings (SSSR count). The van der Waals surface area contributed by atoms with E-state index in [1.54, 1.807) is 11.3 Å². The van der Waals surface area contributed by atoms with Crippen molar-refractivity contribution >= 4 is 11.3 Å². The highest BCUT2D eigenvalue weighted by molar-refractivity contribution is 7.08. The van der Waals surface area contributed by atoms with Gasteiger partial charge in [-0.3, -0.25) is 0 Å². The van der Waals surface area contributed by atoms with Crippen LogP contribution in [0.3, 0.4) is 0 Å². The fraction of sp³-hybridized carbons (Fsp3) is 0.400. The predicted octanol–water partition coefficient (Wildman–Crippen LogP) is 3.02. The second-order valence-electron chi connectivity index (χ2n) is 2.98. The van der Waals surface area contributed by atoms with Gasteiger partial charge in [0, 0.05) is 6.04 Å². The lowest BCUT2D eigenvalue weighted by Crippen LogP contribution is -2.09. The van der Waals surface area contributed by atoms with Crippen LogP contribution in [0.4, 0.5) is 0 Å². The summed E-state index contributed by atoms with van der Waals surface area (Å²) in [5.41, 5.74) is 8.59. The van der Waals surface area contributed by atoms with Gasteiger partial charge in [0.1, 0.15) is 0 Å². The molecule has 1 unspecified atom stereocenters. The molecule has 1 aromatic heterocycles. The molecule has 0 aliphatic carbocycles. The van der Waals surface area contributed by atoms with Crippen LogP contribution in [-0.4, -0.2) is 0 Å². The average Bonchev–Trinajstić information content (AvgIpc) is 2.47. The number of rotatable bonds is 4. The highest BCUT2D eigenvalue weighted by atomic mass is 32.1. The van der Waals surface area contributed by atoms with E-state index in [0.29, 0.717) is 0 Å². The maximum absolute atomic E-state index is 5.99. The molecule has 0 saturated heterocycles. The first-order valence-corrected chi connectivity index (χ1v) is 5.09. The number of hydrogen-bond donors (Lipinski definition) is 1. The lowest BCUT2D eigenvalue weighted by molar-refractivity contribution is 0.660. The van der Waals surface area contributed by atoms with Crippen molar-refractivity contribution in [2.24, 2.45) is 5.73 Å². The quantitative estimate of drug-likeness (QED) is 0.710. The van der Waals surface area contributed by atoms with Gasteiger partial charge in [0.05, 0.1) is 0 Å². The Morgan fingerprint density at radius 1 is 1.67 bits per heavy atom. The summed E-state index contributed by atoms with van der Waals surface area (Å²) in [4.78, 5) is 0. The van der Waals surface area contributed by atoms with Gasteiger partial charge < -0.3 is 5.73 Å². The van der Waals surface area contributed by atoms with Crippen LogP contribution in [0.1, 0.15) is 30.0 Å². The van der Waals surface area contributed by atoms with E-state index in [1.165, 1.54) is 11.1 Å². The van der Waals surface area contributed by atoms with Crippen molar-refractivity contribution < 1.29 is 0 Å². The third-order valence-corrected chi connectivity index (χ3v) is 2.86. The summed E-state index contributed by atoms with van der Waals surface area (Å²) in [5.74, 6) is 0. The van der Waals surface area contributed by atoms with E-state index in [9.17, 15) is 0 Å². The van der Waals surface area contributed by atoms with Gasteiger partial charge in [-0.25, -0.2) is 0 Å². The first kappa shape index (κ1) is 9.49. The van der Waals surface area contributed by atoms with Gasteiger partial charge in [-0.1, -0.05) is 6.08 Å². The van der Waals surface area contributed by atoms with Gasteiger partial charge >= 0.3 is 0 Å². The number of aryl methyl sites for hydroxylation is 1. The molecule has 1 aromatic rings. The molecule has 2 heteroatoms. The van der Waals surface area contributed by atoms with Gasteiger partial charge in [-0.15, -0.1) is 6.58 Å². The van der Waals surface area contributed by atoms with Crippen LogP contribution in [0, 0.1) is 6.92 Å². The zero-order chi connectivity index (χ0) is 8.97. The maximum Gasteiger partial charge on any atom is 0.0308 e. The lowest BCUT2D eigenvalue weighted by atomic mass is 10.0. The summed E-state index contributed by atoms with van der Waals surface area (Å²) in [6.07, 6.45) is 3.92. The number of thiophene rings is 1. The largest absolute Gasteiger partial charge is 0.324 e. The molecule has 2 N–H and O–H groups in total. The Morgan fingerprint density at radius 2 is 2.42 bits per heavy atom. The fourth-order valence-electron chi connectivity index (χ4n) is 1.20. The summed E-state index contributed by atoms with van der Waals surface area (Å²) < 4.78 is 0. The molecule has 1 heterocycles. The highest BCUT2D eigenvalue weighted by Crippen LogP contribution is 2.23. The van der Waals surface area contributed by atoms with Crippen molar-refractivity contribution in [2.75, 3.05) is 0 Å². The number of hydrogen-bond acceptors (Lipinski definition) is 2. The standard InChI is InChI=1S/C10H15NS/c1-3-4-5-10(11)9-7-12-6-8(9)2/h3,6-7,10H,1,4-5,11H2,2H3. The molecule has 0 aliphatic heterocycles. The van der Waals surface area contributed by atoms with E-state index in [2.05, 4.69) is 24.3 Å². The average molecular weight is 181 g/mol. The molecule has 0 aromatic carbocycles. The first-order valence-electron chi connectivity index (χ1n) is 4.15. The molecule has 0 saturated carbocycles. The minimum absolute atomic E-state index is 0.189. The Labute approximate surface area is 77.9 Å². The van der Waals surface area contributed by atoms with Crippen molar-refractivity contribution in [3.63, 3.8) is 0 Å². The molecule has 1 nitrogen and oxygen atoms in total. The van der Waals surface area contributed by atoms with E-state index >= 15 is 0 Å². The highest BCUT2D eigenvalue weighted by Gasteiger charge is 2.07.